The lowest BCUT2D eigenvalue weighted by Crippen LogP contribution is -2.40. The maximum absolute atomic E-state index is 5.68. The molecule has 1 aliphatic heterocycles. The van der Waals surface area contributed by atoms with E-state index in [1.807, 2.05) is 11.1 Å². The predicted molar refractivity (Wildman–Crippen MR) is 44.1 cm³/mol. The molecule has 0 bridgehead atoms. The molecule has 0 saturated carbocycles. The number of ether oxygens (including phenoxy) is 1. The number of hydrogen-bond acceptors (Lipinski definition) is 3. The molecular weight excluding hydrogens is 140 g/mol. The van der Waals surface area contributed by atoms with Gasteiger partial charge >= 0.3 is 0 Å². The molecule has 2 N–H and O–H groups in total. The molecule has 62 valence electrons. The van der Waals surface area contributed by atoms with E-state index in [-0.39, 0.29) is 5.54 Å². The molecule has 0 unspecified atom stereocenters. The average molecular weight is 154 g/mol. The van der Waals surface area contributed by atoms with Crippen molar-refractivity contribution in [2.45, 2.75) is 26.3 Å². The van der Waals surface area contributed by atoms with Crippen molar-refractivity contribution in [1.82, 2.24) is 4.90 Å². The summed E-state index contributed by atoms with van der Waals surface area (Å²) in [6.45, 7) is 6.26. The van der Waals surface area contributed by atoms with Gasteiger partial charge in [0.15, 0.2) is 0 Å². The zero-order chi connectivity index (χ0) is 8.48. The predicted octanol–water partition coefficient (Wildman–Crippen LogP) is 1.35. The molecule has 0 aliphatic carbocycles. The second-order valence-corrected chi connectivity index (χ2v) is 3.50. The number of nitrogens with two attached hydrogens (primary N) is 1. The minimum Gasteiger partial charge on any atom is -0.467 e. The minimum atomic E-state index is 0.0147. The molecule has 0 fully saturated rings. The fourth-order valence-corrected chi connectivity index (χ4v) is 0.959. The molecular formula is C8H14N2O. The van der Waals surface area contributed by atoms with Crippen LogP contribution in [0.1, 0.15) is 20.8 Å². The molecule has 0 radical (unpaired) electrons. The van der Waals surface area contributed by atoms with Crippen LogP contribution in [0.25, 0.3) is 0 Å². The summed E-state index contributed by atoms with van der Waals surface area (Å²) in [6, 6.07) is 0. The van der Waals surface area contributed by atoms with Crippen LogP contribution in [0.15, 0.2) is 24.5 Å². The lowest BCUT2D eigenvalue weighted by Gasteiger charge is -2.35. The van der Waals surface area contributed by atoms with E-state index < -0.39 is 0 Å². The first-order valence-electron chi connectivity index (χ1n) is 3.59. The molecule has 11 heavy (non-hydrogen) atoms. The van der Waals surface area contributed by atoms with Crippen molar-refractivity contribution in [1.29, 1.82) is 0 Å². The molecule has 0 atom stereocenters. The summed E-state index contributed by atoms with van der Waals surface area (Å²) in [6.07, 6.45) is 4.97. The van der Waals surface area contributed by atoms with Crippen LogP contribution in [0, 0.1) is 0 Å². The van der Waals surface area contributed by atoms with Gasteiger partial charge in [0.25, 0.3) is 0 Å². The van der Waals surface area contributed by atoms with Crippen LogP contribution >= 0.6 is 0 Å². The van der Waals surface area contributed by atoms with Crippen molar-refractivity contribution in [3.05, 3.63) is 24.5 Å². The van der Waals surface area contributed by atoms with Crippen LogP contribution in [-0.2, 0) is 4.74 Å². The van der Waals surface area contributed by atoms with E-state index in [9.17, 15) is 0 Å². The van der Waals surface area contributed by atoms with Crippen LogP contribution in [0.3, 0.4) is 0 Å². The Labute approximate surface area is 67.1 Å². The van der Waals surface area contributed by atoms with Gasteiger partial charge in [-0.15, -0.1) is 0 Å². The second-order valence-electron chi connectivity index (χ2n) is 3.50. The molecule has 0 amide bonds. The standard InChI is InChI=1S/C8H14N2O/c1-8(2,3)10-4-5-11-6-7(10)9/h4-6H,9H2,1-3H3. The van der Waals surface area contributed by atoms with E-state index in [4.69, 9.17) is 10.5 Å². The van der Waals surface area contributed by atoms with Gasteiger partial charge < -0.3 is 15.4 Å². The molecule has 0 aromatic carbocycles. The van der Waals surface area contributed by atoms with Crippen molar-refractivity contribution in [3.8, 4) is 0 Å². The molecule has 3 nitrogen and oxygen atoms in total. The summed E-state index contributed by atoms with van der Waals surface area (Å²) in [5, 5.41) is 0. The van der Waals surface area contributed by atoms with Crippen molar-refractivity contribution in [3.63, 3.8) is 0 Å². The topological polar surface area (TPSA) is 38.5 Å². The summed E-state index contributed by atoms with van der Waals surface area (Å²) >= 11 is 0. The van der Waals surface area contributed by atoms with Crippen LogP contribution in [0.5, 0.6) is 0 Å². The monoisotopic (exact) mass is 154 g/mol. The Morgan fingerprint density at radius 3 is 2.45 bits per heavy atom. The lowest BCUT2D eigenvalue weighted by molar-refractivity contribution is 0.218. The normalized spacial score (nSPS) is 17.7. The molecule has 1 heterocycles. The maximum atomic E-state index is 5.68. The van der Waals surface area contributed by atoms with Gasteiger partial charge in [-0.2, -0.15) is 0 Å². The summed E-state index contributed by atoms with van der Waals surface area (Å²) in [4.78, 5) is 1.95. The molecule has 0 spiro atoms. The Morgan fingerprint density at radius 1 is 1.45 bits per heavy atom. The lowest BCUT2D eigenvalue weighted by atomic mass is 10.1. The first-order valence-corrected chi connectivity index (χ1v) is 3.59. The molecule has 0 saturated heterocycles. The minimum absolute atomic E-state index is 0.0147. The summed E-state index contributed by atoms with van der Waals surface area (Å²) < 4.78 is 4.90. The maximum Gasteiger partial charge on any atom is 0.140 e. The number of hydrogen-bond donors (Lipinski definition) is 1. The van der Waals surface area contributed by atoms with Gasteiger partial charge in [0, 0.05) is 11.7 Å². The van der Waals surface area contributed by atoms with E-state index >= 15 is 0 Å². The highest BCUT2D eigenvalue weighted by atomic mass is 16.5. The third-order valence-corrected chi connectivity index (χ3v) is 1.48. The molecule has 1 aliphatic rings. The molecule has 1 rings (SSSR count). The van der Waals surface area contributed by atoms with Gasteiger partial charge in [-0.1, -0.05) is 0 Å². The highest BCUT2D eigenvalue weighted by molar-refractivity contribution is 5.06. The van der Waals surface area contributed by atoms with Gasteiger partial charge in [0.05, 0.1) is 0 Å². The van der Waals surface area contributed by atoms with Gasteiger partial charge in [0.1, 0.15) is 18.3 Å². The Bertz CT molecular complexity index is 201. The van der Waals surface area contributed by atoms with E-state index in [0.29, 0.717) is 5.82 Å². The van der Waals surface area contributed by atoms with Crippen molar-refractivity contribution >= 4 is 0 Å². The van der Waals surface area contributed by atoms with Gasteiger partial charge in [-0.3, -0.25) is 0 Å². The Morgan fingerprint density at radius 2 is 2.09 bits per heavy atom. The van der Waals surface area contributed by atoms with Crippen molar-refractivity contribution in [2.24, 2.45) is 5.73 Å². The Kier molecular flexibility index (Phi) is 1.81. The highest BCUT2D eigenvalue weighted by Crippen LogP contribution is 2.19. The summed E-state index contributed by atoms with van der Waals surface area (Å²) in [5.41, 5.74) is 5.69. The fraction of sp³-hybridized carbons (Fsp3) is 0.500. The third-order valence-electron chi connectivity index (χ3n) is 1.48. The molecule has 0 aromatic rings. The van der Waals surface area contributed by atoms with Crippen LogP contribution in [-0.4, -0.2) is 10.4 Å². The summed E-state index contributed by atoms with van der Waals surface area (Å²) in [5.74, 6) is 0.639. The molecule has 3 heteroatoms. The zero-order valence-electron chi connectivity index (χ0n) is 7.16. The van der Waals surface area contributed by atoms with Crippen LogP contribution < -0.4 is 5.73 Å². The second kappa shape index (κ2) is 2.49. The van der Waals surface area contributed by atoms with Crippen molar-refractivity contribution < 1.29 is 4.74 Å². The zero-order valence-corrected chi connectivity index (χ0v) is 7.16. The number of rotatable bonds is 0. The Balaban J connectivity index is 2.79. The fourth-order valence-electron chi connectivity index (χ4n) is 0.959. The van der Waals surface area contributed by atoms with Gasteiger partial charge in [-0.25, -0.2) is 0 Å². The highest BCUT2D eigenvalue weighted by Gasteiger charge is 2.21. The molecule has 0 aromatic heterocycles. The van der Waals surface area contributed by atoms with E-state index in [1.165, 1.54) is 6.26 Å². The van der Waals surface area contributed by atoms with E-state index in [1.54, 1.807) is 6.26 Å². The van der Waals surface area contributed by atoms with Crippen LogP contribution in [0.2, 0.25) is 0 Å². The first kappa shape index (κ1) is 7.98. The van der Waals surface area contributed by atoms with E-state index in [2.05, 4.69) is 20.8 Å². The van der Waals surface area contributed by atoms with Crippen LogP contribution in [0.4, 0.5) is 0 Å². The quantitative estimate of drug-likeness (QED) is 0.572. The van der Waals surface area contributed by atoms with Gasteiger partial charge in [0.2, 0.25) is 0 Å². The SMILES string of the molecule is CC(C)(C)N1C=COC=C1N. The Hall–Kier alpha value is -1.12. The average Bonchev–Trinajstić information content (AvgIpc) is 1.86. The van der Waals surface area contributed by atoms with Gasteiger partial charge in [-0.05, 0) is 20.8 Å². The summed E-state index contributed by atoms with van der Waals surface area (Å²) in [7, 11) is 0. The third kappa shape index (κ3) is 1.67. The smallest absolute Gasteiger partial charge is 0.140 e. The van der Waals surface area contributed by atoms with E-state index in [0.717, 1.165) is 0 Å². The van der Waals surface area contributed by atoms with Crippen molar-refractivity contribution in [2.75, 3.05) is 0 Å². The first-order chi connectivity index (χ1) is 5.02. The number of nitrogens with zero attached hydrogens (tertiary/aromatic N) is 1. The largest absolute Gasteiger partial charge is 0.467 e.